The van der Waals surface area contributed by atoms with Crippen molar-refractivity contribution in [3.05, 3.63) is 0 Å². The summed E-state index contributed by atoms with van der Waals surface area (Å²) in [6.45, 7) is 14.3. The molecule has 6 heteroatoms. The first-order valence-electron chi connectivity index (χ1n) is 16.7. The highest BCUT2D eigenvalue weighted by molar-refractivity contribution is 4.57. The highest BCUT2D eigenvalue weighted by Crippen LogP contribution is 2.12. The zero-order valence-electron chi connectivity index (χ0n) is 25.3. The minimum atomic E-state index is 0.783. The molecule has 224 valence electrons. The largest absolute Gasteiger partial charge is 0.330 e. The fourth-order valence-corrected chi connectivity index (χ4v) is 4.65. The molecule has 0 aliphatic carbocycles. The topological polar surface area (TPSA) is 86.2 Å². The van der Waals surface area contributed by atoms with Gasteiger partial charge in [0.1, 0.15) is 0 Å². The van der Waals surface area contributed by atoms with Gasteiger partial charge in [-0.25, -0.2) is 0 Å². The number of unbranched alkanes of at least 4 members (excludes halogenated alkanes) is 13. The van der Waals surface area contributed by atoms with Crippen molar-refractivity contribution in [3.63, 3.8) is 0 Å². The van der Waals surface area contributed by atoms with Crippen LogP contribution >= 0.6 is 0 Å². The van der Waals surface area contributed by atoms with Crippen molar-refractivity contribution < 1.29 is 0 Å². The van der Waals surface area contributed by atoms with E-state index in [9.17, 15) is 0 Å². The van der Waals surface area contributed by atoms with E-state index in [2.05, 4.69) is 33.5 Å². The van der Waals surface area contributed by atoms with Gasteiger partial charge in [0.2, 0.25) is 0 Å². The lowest BCUT2D eigenvalue weighted by Crippen LogP contribution is -2.28. The Morgan fingerprint density at radius 3 is 0.838 bits per heavy atom. The van der Waals surface area contributed by atoms with E-state index >= 15 is 0 Å². The van der Waals surface area contributed by atoms with Crippen molar-refractivity contribution in [1.29, 1.82) is 0 Å². The third kappa shape index (κ3) is 35.8. The molecule has 0 saturated carbocycles. The number of rotatable bonds is 34. The van der Waals surface area contributed by atoms with Gasteiger partial charge in [-0.2, -0.15) is 0 Å². The second-order valence-corrected chi connectivity index (χ2v) is 10.9. The van der Waals surface area contributed by atoms with Gasteiger partial charge in [0, 0.05) is 0 Å². The maximum absolute atomic E-state index is 5.48. The van der Waals surface area contributed by atoms with E-state index in [1.54, 1.807) is 0 Å². The second kappa shape index (κ2) is 35.8. The Hall–Kier alpha value is -0.240. The standard InChI is InChI=1S/C31H70N6/c1-2-3-4-5-6-7-8-9-10-11-12-13-14-15-22-33-24-17-26-35-28-19-30-37-31-20-29-36-27-18-25-34-23-16-21-32/h33-37H,2-32H2,1H3. The Morgan fingerprint density at radius 1 is 0.297 bits per heavy atom. The highest BCUT2D eigenvalue weighted by Gasteiger charge is 1.95. The lowest BCUT2D eigenvalue weighted by Gasteiger charge is -2.08. The summed E-state index contributed by atoms with van der Waals surface area (Å²) in [6, 6.07) is 0. The van der Waals surface area contributed by atoms with E-state index in [1.165, 1.54) is 122 Å². The van der Waals surface area contributed by atoms with Gasteiger partial charge >= 0.3 is 0 Å². The molecule has 0 unspecified atom stereocenters. The van der Waals surface area contributed by atoms with Crippen LogP contribution in [-0.4, -0.2) is 72.0 Å². The summed E-state index contributed by atoms with van der Waals surface area (Å²) < 4.78 is 0. The van der Waals surface area contributed by atoms with Crippen LogP contribution in [0.2, 0.25) is 0 Å². The van der Waals surface area contributed by atoms with Gasteiger partial charge in [-0.05, 0) is 111 Å². The monoisotopic (exact) mass is 527 g/mol. The van der Waals surface area contributed by atoms with Gasteiger partial charge in [-0.3, -0.25) is 0 Å². The molecular weight excluding hydrogens is 456 g/mol. The Bertz CT molecular complexity index is 349. The molecule has 0 amide bonds. The van der Waals surface area contributed by atoms with Crippen LogP contribution in [0.25, 0.3) is 0 Å². The van der Waals surface area contributed by atoms with Gasteiger partial charge in [0.05, 0.1) is 0 Å². The molecule has 7 N–H and O–H groups in total. The Kier molecular flexibility index (Phi) is 35.5. The molecule has 0 heterocycles. The molecule has 0 aliphatic heterocycles. The third-order valence-electron chi connectivity index (χ3n) is 7.09. The van der Waals surface area contributed by atoms with Crippen molar-refractivity contribution >= 4 is 0 Å². The SMILES string of the molecule is CCCCCCCCCCCCCCCCNCCCNCCCNCCCNCCCNCCCN. The predicted octanol–water partition coefficient (Wildman–Crippen LogP) is 5.32. The van der Waals surface area contributed by atoms with E-state index < -0.39 is 0 Å². The molecule has 0 aromatic rings. The third-order valence-corrected chi connectivity index (χ3v) is 7.09. The quantitative estimate of drug-likeness (QED) is 0.0636. The zero-order valence-corrected chi connectivity index (χ0v) is 25.3. The van der Waals surface area contributed by atoms with Gasteiger partial charge in [-0.1, -0.05) is 90.4 Å². The second-order valence-electron chi connectivity index (χ2n) is 10.9. The predicted molar refractivity (Wildman–Crippen MR) is 167 cm³/mol. The van der Waals surface area contributed by atoms with Crippen LogP contribution in [0.4, 0.5) is 0 Å². The molecule has 0 aromatic heterocycles. The minimum Gasteiger partial charge on any atom is -0.330 e. The van der Waals surface area contributed by atoms with E-state index in [0.29, 0.717) is 0 Å². The molecule has 6 nitrogen and oxygen atoms in total. The fraction of sp³-hybridized carbons (Fsp3) is 1.00. The summed E-state index contributed by atoms with van der Waals surface area (Å²) in [7, 11) is 0. The van der Waals surface area contributed by atoms with Crippen LogP contribution in [0.15, 0.2) is 0 Å². The Balaban J connectivity index is 3.00. The van der Waals surface area contributed by atoms with E-state index in [4.69, 9.17) is 5.73 Å². The van der Waals surface area contributed by atoms with Crippen molar-refractivity contribution in [2.24, 2.45) is 5.73 Å². The molecule has 0 atom stereocenters. The van der Waals surface area contributed by atoms with Gasteiger partial charge in [0.15, 0.2) is 0 Å². The molecule has 0 saturated heterocycles. The van der Waals surface area contributed by atoms with Gasteiger partial charge in [0.25, 0.3) is 0 Å². The van der Waals surface area contributed by atoms with Crippen LogP contribution in [0.5, 0.6) is 0 Å². The van der Waals surface area contributed by atoms with Gasteiger partial charge < -0.3 is 32.3 Å². The molecule has 0 radical (unpaired) electrons. The van der Waals surface area contributed by atoms with Crippen LogP contribution in [0.3, 0.4) is 0 Å². The fourth-order valence-electron chi connectivity index (χ4n) is 4.65. The van der Waals surface area contributed by atoms with E-state index in [-0.39, 0.29) is 0 Å². The summed E-state index contributed by atoms with van der Waals surface area (Å²) in [6.07, 6.45) is 26.0. The first kappa shape index (κ1) is 36.8. The maximum atomic E-state index is 5.48. The molecule has 37 heavy (non-hydrogen) atoms. The minimum absolute atomic E-state index is 0.783. The van der Waals surface area contributed by atoms with E-state index in [0.717, 1.165) is 71.9 Å². The number of hydrogen-bond donors (Lipinski definition) is 6. The smallest absolute Gasteiger partial charge is 0.00368 e. The summed E-state index contributed by atoms with van der Waals surface area (Å²) in [5.41, 5.74) is 5.48. The number of nitrogens with one attached hydrogen (secondary N) is 5. The van der Waals surface area contributed by atoms with Crippen molar-refractivity contribution in [3.8, 4) is 0 Å². The van der Waals surface area contributed by atoms with Crippen molar-refractivity contribution in [1.82, 2.24) is 26.6 Å². The van der Waals surface area contributed by atoms with Crippen LogP contribution in [0.1, 0.15) is 129 Å². The lowest BCUT2D eigenvalue weighted by molar-refractivity contribution is 0.523. The Morgan fingerprint density at radius 2 is 0.541 bits per heavy atom. The first-order valence-corrected chi connectivity index (χ1v) is 16.7. The average molecular weight is 527 g/mol. The van der Waals surface area contributed by atoms with Crippen molar-refractivity contribution in [2.45, 2.75) is 129 Å². The van der Waals surface area contributed by atoms with Gasteiger partial charge in [-0.15, -0.1) is 0 Å². The maximum Gasteiger partial charge on any atom is -0.00368 e. The number of nitrogens with two attached hydrogens (primary N) is 1. The molecule has 0 fully saturated rings. The summed E-state index contributed by atoms with van der Waals surface area (Å²) in [5.74, 6) is 0. The van der Waals surface area contributed by atoms with Crippen LogP contribution in [-0.2, 0) is 0 Å². The first-order chi connectivity index (χ1) is 18.4. The van der Waals surface area contributed by atoms with Crippen LogP contribution < -0.4 is 32.3 Å². The zero-order chi connectivity index (χ0) is 26.7. The average Bonchev–Trinajstić information content (AvgIpc) is 2.91. The van der Waals surface area contributed by atoms with E-state index in [1.807, 2.05) is 0 Å². The number of hydrogen-bond acceptors (Lipinski definition) is 6. The van der Waals surface area contributed by atoms with Crippen LogP contribution in [0, 0.1) is 0 Å². The van der Waals surface area contributed by atoms with Crippen molar-refractivity contribution in [2.75, 3.05) is 72.0 Å². The molecule has 0 aromatic carbocycles. The highest BCUT2D eigenvalue weighted by atomic mass is 14.9. The molecule has 0 rings (SSSR count). The summed E-state index contributed by atoms with van der Waals surface area (Å²) >= 11 is 0. The Labute approximate surface area is 233 Å². The summed E-state index contributed by atoms with van der Waals surface area (Å²) in [4.78, 5) is 0. The molecule has 0 aliphatic rings. The lowest BCUT2D eigenvalue weighted by atomic mass is 10.0. The summed E-state index contributed by atoms with van der Waals surface area (Å²) in [5, 5.41) is 17.7. The molecule has 0 bridgehead atoms. The molecular formula is C31H70N6. The normalized spacial score (nSPS) is 11.5. The molecule has 0 spiro atoms.